The van der Waals surface area contributed by atoms with E-state index in [1.54, 1.807) is 0 Å². The van der Waals surface area contributed by atoms with Crippen LogP contribution in [0.1, 0.15) is 46.1 Å². The fraction of sp³-hybridized carbons (Fsp3) is 0.625. The molecule has 0 unspecified atom stereocenters. The van der Waals surface area contributed by atoms with Crippen molar-refractivity contribution in [2.24, 2.45) is 5.92 Å². The summed E-state index contributed by atoms with van der Waals surface area (Å²) < 4.78 is 5.69. The van der Waals surface area contributed by atoms with Crippen LogP contribution in [0.3, 0.4) is 0 Å². The lowest BCUT2D eigenvalue weighted by Gasteiger charge is -2.11. The van der Waals surface area contributed by atoms with Crippen LogP contribution in [0.15, 0.2) is 24.3 Å². The van der Waals surface area contributed by atoms with E-state index in [9.17, 15) is 0 Å². The van der Waals surface area contributed by atoms with Crippen molar-refractivity contribution in [2.45, 2.75) is 53.2 Å². The van der Waals surface area contributed by atoms with Gasteiger partial charge in [-0.1, -0.05) is 26.0 Å². The molecule has 0 saturated heterocycles. The SMILES string of the molecule is CC(C)CCCNCc1cccc(OC(C)C)c1. The molecule has 2 heteroatoms. The molecular weight excluding hydrogens is 222 g/mol. The van der Waals surface area contributed by atoms with Gasteiger partial charge in [0.25, 0.3) is 0 Å². The van der Waals surface area contributed by atoms with Crippen LogP contribution in [-0.2, 0) is 6.54 Å². The second-order valence-electron chi connectivity index (χ2n) is 5.53. The summed E-state index contributed by atoms with van der Waals surface area (Å²) in [5.41, 5.74) is 1.29. The Morgan fingerprint density at radius 3 is 2.61 bits per heavy atom. The molecule has 0 amide bonds. The Balaban J connectivity index is 2.29. The molecule has 1 N–H and O–H groups in total. The van der Waals surface area contributed by atoms with Crippen molar-refractivity contribution < 1.29 is 4.74 Å². The van der Waals surface area contributed by atoms with Gasteiger partial charge in [0.15, 0.2) is 0 Å². The molecule has 18 heavy (non-hydrogen) atoms. The minimum absolute atomic E-state index is 0.235. The largest absolute Gasteiger partial charge is 0.491 e. The Morgan fingerprint density at radius 2 is 1.94 bits per heavy atom. The first-order chi connectivity index (χ1) is 8.58. The molecule has 0 atom stereocenters. The second kappa shape index (κ2) is 8.15. The van der Waals surface area contributed by atoms with E-state index in [4.69, 9.17) is 4.74 Å². The summed E-state index contributed by atoms with van der Waals surface area (Å²) in [6.45, 7) is 10.7. The molecule has 2 nitrogen and oxygen atoms in total. The normalized spacial score (nSPS) is 11.2. The van der Waals surface area contributed by atoms with Crippen LogP contribution < -0.4 is 10.1 Å². The van der Waals surface area contributed by atoms with E-state index in [0.29, 0.717) is 0 Å². The topological polar surface area (TPSA) is 21.3 Å². The van der Waals surface area contributed by atoms with Crippen LogP contribution in [0.2, 0.25) is 0 Å². The van der Waals surface area contributed by atoms with Gasteiger partial charge in [0.2, 0.25) is 0 Å². The van der Waals surface area contributed by atoms with Crippen LogP contribution in [0.5, 0.6) is 5.75 Å². The smallest absolute Gasteiger partial charge is 0.120 e. The van der Waals surface area contributed by atoms with Crippen molar-refractivity contribution in [1.82, 2.24) is 5.32 Å². The third-order valence-corrected chi connectivity index (χ3v) is 2.73. The van der Waals surface area contributed by atoms with Crippen LogP contribution in [0.4, 0.5) is 0 Å². The van der Waals surface area contributed by atoms with E-state index in [1.807, 2.05) is 6.07 Å². The molecule has 0 heterocycles. The van der Waals surface area contributed by atoms with Crippen LogP contribution in [0, 0.1) is 5.92 Å². The molecule has 0 radical (unpaired) electrons. The number of nitrogens with one attached hydrogen (secondary N) is 1. The summed E-state index contributed by atoms with van der Waals surface area (Å²) in [7, 11) is 0. The highest BCUT2D eigenvalue weighted by molar-refractivity contribution is 5.28. The monoisotopic (exact) mass is 249 g/mol. The Kier molecular flexibility index (Phi) is 6.81. The molecule has 1 aromatic rings. The lowest BCUT2D eigenvalue weighted by Crippen LogP contribution is -2.15. The van der Waals surface area contributed by atoms with Crippen LogP contribution in [-0.4, -0.2) is 12.6 Å². The molecule has 102 valence electrons. The van der Waals surface area contributed by atoms with E-state index in [1.165, 1.54) is 18.4 Å². The lowest BCUT2D eigenvalue weighted by molar-refractivity contribution is 0.242. The van der Waals surface area contributed by atoms with Crippen molar-refractivity contribution in [3.05, 3.63) is 29.8 Å². The first kappa shape index (κ1) is 15.0. The zero-order valence-corrected chi connectivity index (χ0v) is 12.2. The number of hydrogen-bond donors (Lipinski definition) is 1. The third-order valence-electron chi connectivity index (χ3n) is 2.73. The molecule has 0 aliphatic carbocycles. The fourth-order valence-electron chi connectivity index (χ4n) is 1.87. The van der Waals surface area contributed by atoms with Gasteiger partial charge in [-0.3, -0.25) is 0 Å². The minimum Gasteiger partial charge on any atom is -0.491 e. The Labute approximate surface area is 112 Å². The van der Waals surface area contributed by atoms with Gasteiger partial charge in [-0.15, -0.1) is 0 Å². The summed E-state index contributed by atoms with van der Waals surface area (Å²) in [4.78, 5) is 0. The van der Waals surface area contributed by atoms with Crippen LogP contribution in [0.25, 0.3) is 0 Å². The average Bonchev–Trinajstić information content (AvgIpc) is 2.27. The first-order valence-electron chi connectivity index (χ1n) is 7.04. The van der Waals surface area contributed by atoms with Gasteiger partial charge in [0.1, 0.15) is 5.75 Å². The molecule has 0 saturated carbocycles. The highest BCUT2D eigenvalue weighted by atomic mass is 16.5. The van der Waals surface area contributed by atoms with Crippen molar-refractivity contribution in [3.8, 4) is 5.75 Å². The Hall–Kier alpha value is -1.02. The first-order valence-corrected chi connectivity index (χ1v) is 7.04. The van der Waals surface area contributed by atoms with Crippen molar-refractivity contribution in [3.63, 3.8) is 0 Å². The van der Waals surface area contributed by atoms with Gasteiger partial charge in [-0.2, -0.15) is 0 Å². The van der Waals surface area contributed by atoms with E-state index >= 15 is 0 Å². The number of hydrogen-bond acceptors (Lipinski definition) is 2. The molecule has 1 aromatic carbocycles. The molecule has 0 aromatic heterocycles. The van der Waals surface area contributed by atoms with Gasteiger partial charge in [0, 0.05) is 6.54 Å². The highest BCUT2D eigenvalue weighted by Gasteiger charge is 1.99. The summed E-state index contributed by atoms with van der Waals surface area (Å²) in [6, 6.07) is 8.34. The van der Waals surface area contributed by atoms with Gasteiger partial charge < -0.3 is 10.1 Å². The fourth-order valence-corrected chi connectivity index (χ4v) is 1.87. The average molecular weight is 249 g/mol. The molecule has 1 rings (SSSR count). The lowest BCUT2D eigenvalue weighted by atomic mass is 10.1. The van der Waals surface area contributed by atoms with Gasteiger partial charge in [-0.05, 0) is 56.8 Å². The van der Waals surface area contributed by atoms with Crippen LogP contribution >= 0.6 is 0 Å². The van der Waals surface area contributed by atoms with Gasteiger partial charge in [0.05, 0.1) is 6.10 Å². The summed E-state index contributed by atoms with van der Waals surface area (Å²) in [5, 5.41) is 3.48. The maximum Gasteiger partial charge on any atom is 0.120 e. The van der Waals surface area contributed by atoms with E-state index in [2.05, 4.69) is 51.2 Å². The third kappa shape index (κ3) is 6.65. The molecule has 0 fully saturated rings. The Bertz CT molecular complexity index is 334. The maximum absolute atomic E-state index is 5.69. The second-order valence-corrected chi connectivity index (χ2v) is 5.53. The van der Waals surface area contributed by atoms with Crippen molar-refractivity contribution >= 4 is 0 Å². The standard InChI is InChI=1S/C16H27NO/c1-13(2)7-6-10-17-12-15-8-5-9-16(11-15)18-14(3)4/h5,8-9,11,13-14,17H,6-7,10,12H2,1-4H3. The minimum atomic E-state index is 0.235. The quantitative estimate of drug-likeness (QED) is 0.703. The molecular formula is C16H27NO. The predicted octanol–water partition coefficient (Wildman–Crippen LogP) is 4.00. The highest BCUT2D eigenvalue weighted by Crippen LogP contribution is 2.14. The zero-order valence-electron chi connectivity index (χ0n) is 12.2. The molecule has 0 spiro atoms. The molecule has 0 aliphatic rings. The van der Waals surface area contributed by atoms with Gasteiger partial charge >= 0.3 is 0 Å². The molecule has 0 bridgehead atoms. The predicted molar refractivity (Wildman–Crippen MR) is 78.0 cm³/mol. The summed E-state index contributed by atoms with van der Waals surface area (Å²) in [5.74, 6) is 1.76. The zero-order chi connectivity index (χ0) is 13.4. The maximum atomic E-state index is 5.69. The molecule has 0 aliphatic heterocycles. The number of rotatable bonds is 8. The summed E-state index contributed by atoms with van der Waals surface area (Å²) >= 11 is 0. The number of benzene rings is 1. The number of ether oxygens (including phenoxy) is 1. The Morgan fingerprint density at radius 1 is 1.17 bits per heavy atom. The van der Waals surface area contributed by atoms with Crippen molar-refractivity contribution in [1.29, 1.82) is 0 Å². The van der Waals surface area contributed by atoms with Crippen molar-refractivity contribution in [2.75, 3.05) is 6.54 Å². The summed E-state index contributed by atoms with van der Waals surface area (Å²) in [6.07, 6.45) is 2.78. The van der Waals surface area contributed by atoms with E-state index < -0.39 is 0 Å². The van der Waals surface area contributed by atoms with E-state index in [0.717, 1.165) is 24.8 Å². The van der Waals surface area contributed by atoms with E-state index in [-0.39, 0.29) is 6.10 Å². The van der Waals surface area contributed by atoms with Gasteiger partial charge in [-0.25, -0.2) is 0 Å².